The third-order valence-corrected chi connectivity index (χ3v) is 3.34. The van der Waals surface area contributed by atoms with Crippen LogP contribution in [0.1, 0.15) is 43.8 Å². The third-order valence-electron chi connectivity index (χ3n) is 3.34. The molecule has 3 N–H and O–H groups in total. The van der Waals surface area contributed by atoms with E-state index in [1.54, 1.807) is 6.33 Å². The molecule has 0 aliphatic heterocycles. The van der Waals surface area contributed by atoms with E-state index in [9.17, 15) is 0 Å². The van der Waals surface area contributed by atoms with Gasteiger partial charge in [0, 0.05) is 25.1 Å². The molecule has 0 spiro atoms. The number of hydrogen-bond acceptors (Lipinski definition) is 4. The van der Waals surface area contributed by atoms with Crippen LogP contribution >= 0.6 is 0 Å². The highest BCUT2D eigenvalue weighted by atomic mass is 16.3. The number of aliphatic hydroxyl groups excluding tert-OH is 1. The Labute approximate surface area is 95.7 Å². The Bertz CT molecular complexity index is 318. The fraction of sp³-hybridized carbons (Fsp3) is 0.818. The second-order valence-corrected chi connectivity index (χ2v) is 4.57. The van der Waals surface area contributed by atoms with Crippen LogP contribution in [0.5, 0.6) is 0 Å². The maximum atomic E-state index is 8.83. The summed E-state index contributed by atoms with van der Waals surface area (Å²) in [6.07, 6.45) is 6.91. The first-order chi connectivity index (χ1) is 7.81. The summed E-state index contributed by atoms with van der Waals surface area (Å²) < 4.78 is 2.07. The van der Waals surface area contributed by atoms with Crippen LogP contribution in [0.4, 0.5) is 0 Å². The first kappa shape index (κ1) is 11.5. The fourth-order valence-corrected chi connectivity index (χ4v) is 2.37. The number of hydrogen-bond donors (Lipinski definition) is 2. The van der Waals surface area contributed by atoms with Crippen molar-refractivity contribution < 1.29 is 5.11 Å². The van der Waals surface area contributed by atoms with Gasteiger partial charge in [-0.15, -0.1) is 10.2 Å². The minimum Gasteiger partial charge on any atom is -0.396 e. The number of aryl methyl sites for hydroxylation is 1. The molecule has 0 aromatic carbocycles. The van der Waals surface area contributed by atoms with E-state index in [-0.39, 0.29) is 6.61 Å². The zero-order valence-electron chi connectivity index (χ0n) is 9.55. The van der Waals surface area contributed by atoms with Gasteiger partial charge in [0.1, 0.15) is 12.2 Å². The van der Waals surface area contributed by atoms with Crippen molar-refractivity contribution in [2.75, 3.05) is 6.61 Å². The highest BCUT2D eigenvalue weighted by molar-refractivity contribution is 4.99. The van der Waals surface area contributed by atoms with Gasteiger partial charge in [0.15, 0.2) is 0 Å². The van der Waals surface area contributed by atoms with E-state index in [0.29, 0.717) is 12.0 Å². The Kier molecular flexibility index (Phi) is 3.90. The molecule has 1 aromatic rings. The SMILES string of the molecule is NC1CCC(c2nncn2CCCO)CC1. The van der Waals surface area contributed by atoms with Crippen LogP contribution in [-0.2, 0) is 6.54 Å². The van der Waals surface area contributed by atoms with Crippen LogP contribution in [0.2, 0.25) is 0 Å². The standard InChI is InChI=1S/C11H20N4O/c12-10-4-2-9(3-5-10)11-14-13-8-15(11)6-1-7-16/h8-10,16H,1-7,12H2. The van der Waals surface area contributed by atoms with Crippen molar-refractivity contribution in [3.63, 3.8) is 0 Å². The molecule has 2 rings (SSSR count). The highest BCUT2D eigenvalue weighted by Gasteiger charge is 2.23. The van der Waals surface area contributed by atoms with Crippen LogP contribution < -0.4 is 5.73 Å². The largest absolute Gasteiger partial charge is 0.396 e. The average molecular weight is 224 g/mol. The van der Waals surface area contributed by atoms with Gasteiger partial charge in [0.25, 0.3) is 0 Å². The molecule has 1 aliphatic rings. The van der Waals surface area contributed by atoms with Gasteiger partial charge >= 0.3 is 0 Å². The maximum absolute atomic E-state index is 8.83. The van der Waals surface area contributed by atoms with Gasteiger partial charge < -0.3 is 15.4 Å². The maximum Gasteiger partial charge on any atom is 0.135 e. The summed E-state index contributed by atoms with van der Waals surface area (Å²) in [6.45, 7) is 1.02. The van der Waals surface area contributed by atoms with Gasteiger partial charge in [-0.3, -0.25) is 0 Å². The lowest BCUT2D eigenvalue weighted by atomic mass is 9.86. The van der Waals surface area contributed by atoms with Crippen LogP contribution in [0.25, 0.3) is 0 Å². The van der Waals surface area contributed by atoms with Gasteiger partial charge in [0.05, 0.1) is 0 Å². The molecule has 5 heteroatoms. The summed E-state index contributed by atoms with van der Waals surface area (Å²) >= 11 is 0. The van der Waals surface area contributed by atoms with E-state index in [1.165, 1.54) is 0 Å². The number of rotatable bonds is 4. The predicted octanol–water partition coefficient (Wildman–Crippen LogP) is 0.645. The summed E-state index contributed by atoms with van der Waals surface area (Å²) in [5, 5.41) is 17.0. The molecule has 1 aromatic heterocycles. The highest BCUT2D eigenvalue weighted by Crippen LogP contribution is 2.30. The molecule has 90 valence electrons. The van der Waals surface area contributed by atoms with Crippen molar-refractivity contribution in [2.45, 2.75) is 50.6 Å². The monoisotopic (exact) mass is 224 g/mol. The van der Waals surface area contributed by atoms with E-state index < -0.39 is 0 Å². The van der Waals surface area contributed by atoms with E-state index >= 15 is 0 Å². The number of nitrogens with zero attached hydrogens (tertiary/aromatic N) is 3. The molecule has 1 aliphatic carbocycles. The lowest BCUT2D eigenvalue weighted by molar-refractivity contribution is 0.277. The minimum absolute atomic E-state index is 0.215. The lowest BCUT2D eigenvalue weighted by Crippen LogP contribution is -2.26. The minimum atomic E-state index is 0.215. The molecule has 0 unspecified atom stereocenters. The zero-order chi connectivity index (χ0) is 11.4. The molecule has 0 atom stereocenters. The normalized spacial score (nSPS) is 25.9. The number of aliphatic hydroxyl groups is 1. The topological polar surface area (TPSA) is 77.0 Å². The Morgan fingerprint density at radius 3 is 2.81 bits per heavy atom. The number of nitrogens with two attached hydrogens (primary N) is 1. The van der Waals surface area contributed by atoms with Crippen molar-refractivity contribution >= 4 is 0 Å². The van der Waals surface area contributed by atoms with Crippen LogP contribution in [0.3, 0.4) is 0 Å². The van der Waals surface area contributed by atoms with Crippen molar-refractivity contribution in [3.8, 4) is 0 Å². The zero-order valence-corrected chi connectivity index (χ0v) is 9.55. The number of aromatic nitrogens is 3. The molecular formula is C11H20N4O. The molecule has 1 fully saturated rings. The molecule has 1 heterocycles. The van der Waals surface area contributed by atoms with E-state index in [2.05, 4.69) is 14.8 Å². The Hall–Kier alpha value is -0.940. The molecule has 0 saturated heterocycles. The summed E-state index contributed by atoms with van der Waals surface area (Å²) in [5.41, 5.74) is 5.89. The van der Waals surface area contributed by atoms with Gasteiger partial charge in [-0.05, 0) is 32.1 Å². The Balaban J connectivity index is 1.99. The summed E-state index contributed by atoms with van der Waals surface area (Å²) in [4.78, 5) is 0. The van der Waals surface area contributed by atoms with Crippen LogP contribution in [0.15, 0.2) is 6.33 Å². The quantitative estimate of drug-likeness (QED) is 0.787. The van der Waals surface area contributed by atoms with Crippen LogP contribution in [0, 0.1) is 0 Å². The van der Waals surface area contributed by atoms with E-state index in [4.69, 9.17) is 10.8 Å². The van der Waals surface area contributed by atoms with Gasteiger partial charge in [0.2, 0.25) is 0 Å². The molecule has 0 amide bonds. The third kappa shape index (κ3) is 2.59. The lowest BCUT2D eigenvalue weighted by Gasteiger charge is -2.25. The van der Waals surface area contributed by atoms with Crippen molar-refractivity contribution in [2.24, 2.45) is 5.73 Å². The fourth-order valence-electron chi connectivity index (χ4n) is 2.37. The van der Waals surface area contributed by atoms with Gasteiger partial charge in [-0.2, -0.15) is 0 Å². The molecule has 0 radical (unpaired) electrons. The van der Waals surface area contributed by atoms with Crippen molar-refractivity contribution in [1.82, 2.24) is 14.8 Å². The van der Waals surface area contributed by atoms with Crippen LogP contribution in [-0.4, -0.2) is 32.5 Å². The van der Waals surface area contributed by atoms with Crippen molar-refractivity contribution in [1.29, 1.82) is 0 Å². The first-order valence-corrected chi connectivity index (χ1v) is 6.05. The predicted molar refractivity (Wildman–Crippen MR) is 60.9 cm³/mol. The smallest absolute Gasteiger partial charge is 0.135 e. The van der Waals surface area contributed by atoms with E-state index in [1.807, 2.05) is 0 Å². The molecule has 5 nitrogen and oxygen atoms in total. The van der Waals surface area contributed by atoms with E-state index in [0.717, 1.165) is 44.5 Å². The summed E-state index contributed by atoms with van der Waals surface area (Å²) in [5.74, 6) is 1.57. The Morgan fingerprint density at radius 2 is 2.12 bits per heavy atom. The first-order valence-electron chi connectivity index (χ1n) is 6.05. The van der Waals surface area contributed by atoms with Gasteiger partial charge in [-0.25, -0.2) is 0 Å². The molecule has 16 heavy (non-hydrogen) atoms. The summed E-state index contributed by atoms with van der Waals surface area (Å²) in [6, 6.07) is 0.366. The summed E-state index contributed by atoms with van der Waals surface area (Å²) in [7, 11) is 0. The molecule has 1 saturated carbocycles. The molecular weight excluding hydrogens is 204 g/mol. The van der Waals surface area contributed by atoms with Crippen molar-refractivity contribution in [3.05, 3.63) is 12.2 Å². The average Bonchev–Trinajstić information content (AvgIpc) is 2.75. The Morgan fingerprint density at radius 1 is 1.38 bits per heavy atom. The molecule has 0 bridgehead atoms. The second kappa shape index (κ2) is 5.41. The van der Waals surface area contributed by atoms with Gasteiger partial charge in [-0.1, -0.05) is 0 Å². The second-order valence-electron chi connectivity index (χ2n) is 4.57.